The summed E-state index contributed by atoms with van der Waals surface area (Å²) in [6.07, 6.45) is 0.0640. The molecule has 0 spiro atoms. The number of fused-ring (bicyclic) bond motifs is 2. The third-order valence-electron chi connectivity index (χ3n) is 4.24. The molecule has 2 bridgehead atoms. The fourth-order valence-corrected chi connectivity index (χ4v) is 3.20. The van der Waals surface area contributed by atoms with Gasteiger partial charge in [0.05, 0.1) is 17.9 Å². The molecule has 4 atom stereocenters. The Hall–Kier alpha value is -2.34. The smallest absolute Gasteiger partial charge is 0.170 e. The van der Waals surface area contributed by atoms with E-state index in [1.165, 1.54) is 18.2 Å². The second kappa shape index (κ2) is 4.60. The minimum Gasteiger partial charge on any atom is -0.511 e. The minimum absolute atomic E-state index is 0.0251. The summed E-state index contributed by atoms with van der Waals surface area (Å²) in [4.78, 5) is 24.3. The standard InChI is InChI=1S/C15H14O6/c16-8-2-1-6(3-10(8)18)13-11(19)4-7-9(17)5-12(20)14(13)15(7)21/h1-3,5,7,11,13-14,16-19H,4H2/t7-,11+,13-,14-/m0/s1. The Morgan fingerprint density at radius 3 is 2.43 bits per heavy atom. The molecule has 2 aliphatic carbocycles. The third kappa shape index (κ3) is 1.99. The molecule has 1 aromatic rings. The number of aromatic hydroxyl groups is 2. The molecule has 0 radical (unpaired) electrons. The number of aliphatic hydroxyl groups is 2. The van der Waals surface area contributed by atoms with Crippen molar-refractivity contribution >= 4 is 11.6 Å². The summed E-state index contributed by atoms with van der Waals surface area (Å²) in [5, 5.41) is 38.8. The molecular formula is C15H14O6. The number of allylic oxidation sites excluding steroid dienone is 2. The van der Waals surface area contributed by atoms with E-state index in [0.717, 1.165) is 6.08 Å². The molecule has 0 aliphatic heterocycles. The van der Waals surface area contributed by atoms with Gasteiger partial charge >= 0.3 is 0 Å². The van der Waals surface area contributed by atoms with Gasteiger partial charge in [-0.1, -0.05) is 6.07 Å². The fraction of sp³-hybridized carbons (Fsp3) is 0.333. The van der Waals surface area contributed by atoms with Gasteiger partial charge in [0, 0.05) is 12.0 Å². The molecule has 1 aromatic carbocycles. The first kappa shape index (κ1) is 13.6. The topological polar surface area (TPSA) is 115 Å². The lowest BCUT2D eigenvalue weighted by Crippen LogP contribution is -2.48. The van der Waals surface area contributed by atoms with E-state index in [9.17, 15) is 30.0 Å². The van der Waals surface area contributed by atoms with Crippen molar-refractivity contribution in [3.8, 4) is 11.5 Å². The van der Waals surface area contributed by atoms with Crippen molar-refractivity contribution in [3.05, 3.63) is 35.6 Å². The minimum atomic E-state index is -1.07. The van der Waals surface area contributed by atoms with E-state index in [4.69, 9.17) is 0 Å². The van der Waals surface area contributed by atoms with Gasteiger partial charge in [-0.25, -0.2) is 0 Å². The van der Waals surface area contributed by atoms with Crippen molar-refractivity contribution in [1.82, 2.24) is 0 Å². The summed E-state index contributed by atoms with van der Waals surface area (Å²) in [7, 11) is 0. The van der Waals surface area contributed by atoms with Crippen molar-refractivity contribution in [2.45, 2.75) is 18.4 Å². The Labute approximate surface area is 120 Å². The van der Waals surface area contributed by atoms with Crippen molar-refractivity contribution in [1.29, 1.82) is 0 Å². The summed E-state index contributed by atoms with van der Waals surface area (Å²) in [6.45, 7) is 0. The summed E-state index contributed by atoms with van der Waals surface area (Å²) in [5.41, 5.74) is 0.401. The van der Waals surface area contributed by atoms with Gasteiger partial charge < -0.3 is 20.4 Å². The molecule has 0 aromatic heterocycles. The maximum absolute atomic E-state index is 12.3. The molecule has 6 heteroatoms. The number of Topliss-reactive ketones (excluding diaryl/α,β-unsaturated/α-hetero) is 1. The van der Waals surface area contributed by atoms with Crippen LogP contribution in [0.25, 0.3) is 0 Å². The SMILES string of the molecule is O=C1C=C(O)[C@@H]2C[C@@H](O)[C@H](c3ccc(O)c(O)c3)[C@H]1C2=O. The number of carbonyl (C=O) groups excluding carboxylic acids is 2. The Bertz CT molecular complexity index is 662. The second-order valence-electron chi connectivity index (χ2n) is 5.48. The van der Waals surface area contributed by atoms with Gasteiger partial charge in [0.1, 0.15) is 5.76 Å². The highest BCUT2D eigenvalue weighted by atomic mass is 16.3. The van der Waals surface area contributed by atoms with E-state index < -0.39 is 35.4 Å². The molecule has 3 rings (SSSR count). The lowest BCUT2D eigenvalue weighted by atomic mass is 9.64. The Morgan fingerprint density at radius 1 is 1.05 bits per heavy atom. The molecular weight excluding hydrogens is 276 g/mol. The fourth-order valence-electron chi connectivity index (χ4n) is 3.20. The summed E-state index contributed by atoms with van der Waals surface area (Å²) >= 11 is 0. The van der Waals surface area contributed by atoms with Crippen LogP contribution in [0.3, 0.4) is 0 Å². The molecule has 2 aliphatic rings. The highest BCUT2D eigenvalue weighted by Crippen LogP contribution is 2.44. The third-order valence-corrected chi connectivity index (χ3v) is 4.24. The van der Waals surface area contributed by atoms with E-state index in [1.807, 2.05) is 0 Å². The normalized spacial score (nSPS) is 32.0. The van der Waals surface area contributed by atoms with Crippen LogP contribution in [-0.2, 0) is 9.59 Å². The average Bonchev–Trinajstić information content (AvgIpc) is 2.41. The van der Waals surface area contributed by atoms with Crippen LogP contribution >= 0.6 is 0 Å². The molecule has 0 heterocycles. The quantitative estimate of drug-likeness (QED) is 0.448. The van der Waals surface area contributed by atoms with E-state index in [-0.39, 0.29) is 23.7 Å². The van der Waals surface area contributed by atoms with Gasteiger partial charge in [-0.2, -0.15) is 0 Å². The Balaban J connectivity index is 2.08. The largest absolute Gasteiger partial charge is 0.511 e. The van der Waals surface area contributed by atoms with Crippen LogP contribution in [0.1, 0.15) is 17.9 Å². The summed E-state index contributed by atoms with van der Waals surface area (Å²) in [6, 6.07) is 3.94. The maximum Gasteiger partial charge on any atom is 0.170 e. The molecule has 1 saturated carbocycles. The zero-order valence-electron chi connectivity index (χ0n) is 10.9. The number of rotatable bonds is 1. The highest BCUT2D eigenvalue weighted by molar-refractivity contribution is 6.13. The predicted molar refractivity (Wildman–Crippen MR) is 70.8 cm³/mol. The molecule has 1 fully saturated rings. The van der Waals surface area contributed by atoms with Crippen LogP contribution in [0.5, 0.6) is 11.5 Å². The van der Waals surface area contributed by atoms with Crippen LogP contribution in [0, 0.1) is 11.8 Å². The number of hydrogen-bond donors (Lipinski definition) is 4. The molecule has 0 amide bonds. The van der Waals surface area contributed by atoms with Crippen LogP contribution < -0.4 is 0 Å². The number of phenolic OH excluding ortho intramolecular Hbond substituents is 2. The van der Waals surface area contributed by atoms with E-state index >= 15 is 0 Å². The number of phenols is 2. The van der Waals surface area contributed by atoms with Gasteiger partial charge in [-0.3, -0.25) is 9.59 Å². The molecule has 0 saturated heterocycles. The van der Waals surface area contributed by atoms with Gasteiger partial charge in [0.25, 0.3) is 0 Å². The van der Waals surface area contributed by atoms with E-state index in [2.05, 4.69) is 0 Å². The van der Waals surface area contributed by atoms with Crippen molar-refractivity contribution in [2.24, 2.45) is 11.8 Å². The van der Waals surface area contributed by atoms with E-state index in [0.29, 0.717) is 5.56 Å². The maximum atomic E-state index is 12.3. The van der Waals surface area contributed by atoms with E-state index in [1.54, 1.807) is 0 Å². The monoisotopic (exact) mass is 290 g/mol. The van der Waals surface area contributed by atoms with Crippen LogP contribution in [0.2, 0.25) is 0 Å². The number of aliphatic hydroxyl groups excluding tert-OH is 2. The van der Waals surface area contributed by atoms with Crippen molar-refractivity contribution in [2.75, 3.05) is 0 Å². The van der Waals surface area contributed by atoms with Gasteiger partial charge in [0.2, 0.25) is 0 Å². The first-order chi connectivity index (χ1) is 9.90. The molecule has 110 valence electrons. The lowest BCUT2D eigenvalue weighted by molar-refractivity contribution is -0.141. The first-order valence-electron chi connectivity index (χ1n) is 6.58. The lowest BCUT2D eigenvalue weighted by Gasteiger charge is -2.39. The Morgan fingerprint density at radius 2 is 1.76 bits per heavy atom. The van der Waals surface area contributed by atoms with Crippen LogP contribution in [0.4, 0.5) is 0 Å². The first-order valence-corrected chi connectivity index (χ1v) is 6.58. The summed E-state index contributed by atoms with van der Waals surface area (Å²) < 4.78 is 0. The van der Waals surface area contributed by atoms with Gasteiger partial charge in [-0.15, -0.1) is 0 Å². The molecule has 21 heavy (non-hydrogen) atoms. The van der Waals surface area contributed by atoms with Crippen LogP contribution in [-0.4, -0.2) is 38.1 Å². The molecule has 4 N–H and O–H groups in total. The summed E-state index contributed by atoms with van der Waals surface area (Å²) in [5.74, 6) is -4.67. The number of benzene rings is 1. The van der Waals surface area contributed by atoms with Gasteiger partial charge in [-0.05, 0) is 24.1 Å². The number of ketones is 2. The van der Waals surface area contributed by atoms with Crippen molar-refractivity contribution < 1.29 is 30.0 Å². The molecule has 6 nitrogen and oxygen atoms in total. The zero-order chi connectivity index (χ0) is 15.3. The number of hydrogen-bond acceptors (Lipinski definition) is 6. The van der Waals surface area contributed by atoms with Gasteiger partial charge in [0.15, 0.2) is 23.1 Å². The number of carbonyl (C=O) groups is 2. The van der Waals surface area contributed by atoms with Crippen LogP contribution in [0.15, 0.2) is 30.0 Å². The second-order valence-corrected chi connectivity index (χ2v) is 5.48. The van der Waals surface area contributed by atoms with Crippen molar-refractivity contribution in [3.63, 3.8) is 0 Å². The zero-order valence-corrected chi connectivity index (χ0v) is 10.9. The average molecular weight is 290 g/mol. The Kier molecular flexibility index (Phi) is 2.98. The predicted octanol–water partition coefficient (Wildman–Crippen LogP) is 0.772. The molecule has 0 unspecified atom stereocenters. The highest BCUT2D eigenvalue weighted by Gasteiger charge is 2.51.